The molecule has 9 nitrogen and oxygen atoms in total. The summed E-state index contributed by atoms with van der Waals surface area (Å²) in [6.07, 6.45) is 1.54. The van der Waals surface area contributed by atoms with Crippen LogP contribution in [0.3, 0.4) is 0 Å². The van der Waals surface area contributed by atoms with E-state index in [0.717, 1.165) is 10.0 Å². The third-order valence-corrected chi connectivity index (χ3v) is 5.25. The molecule has 0 bridgehead atoms. The van der Waals surface area contributed by atoms with Gasteiger partial charge in [0.05, 0.1) is 24.1 Å². The average molecular weight is 495 g/mol. The second-order valence-corrected chi connectivity index (χ2v) is 7.80. The highest BCUT2D eigenvalue weighted by Gasteiger charge is 2.20. The number of aromatic nitrogens is 4. The van der Waals surface area contributed by atoms with E-state index in [1.54, 1.807) is 49.7 Å². The zero-order chi connectivity index (χ0) is 22.5. The van der Waals surface area contributed by atoms with Gasteiger partial charge in [-0.25, -0.2) is 0 Å². The molecule has 0 radical (unpaired) electrons. The van der Waals surface area contributed by atoms with Crippen LogP contribution >= 0.6 is 15.9 Å². The van der Waals surface area contributed by atoms with Gasteiger partial charge < -0.3 is 14.6 Å². The van der Waals surface area contributed by atoms with Crippen molar-refractivity contribution >= 4 is 33.4 Å². The van der Waals surface area contributed by atoms with Crippen molar-refractivity contribution in [2.75, 3.05) is 11.9 Å². The minimum Gasteiger partial charge on any atom is -0.467 e. The summed E-state index contributed by atoms with van der Waals surface area (Å²) in [7, 11) is 1.60. The maximum Gasteiger partial charge on any atom is 0.253 e. The topological polar surface area (TPSA) is 106 Å². The van der Waals surface area contributed by atoms with E-state index in [2.05, 4.69) is 36.7 Å². The van der Waals surface area contributed by atoms with Crippen molar-refractivity contribution in [3.05, 3.63) is 82.7 Å². The fraction of sp³-hybridized carbons (Fsp3) is 0.136. The number of hydrogen-bond donors (Lipinski definition) is 1. The first-order valence-electron chi connectivity index (χ1n) is 9.71. The molecule has 2 aromatic heterocycles. The molecule has 2 amide bonds. The van der Waals surface area contributed by atoms with E-state index in [1.807, 2.05) is 24.3 Å². The molecule has 10 heteroatoms. The molecule has 0 aliphatic heterocycles. The number of carbonyl (C=O) groups excluding carboxylic acids is 2. The van der Waals surface area contributed by atoms with Crippen LogP contribution in [0.15, 0.2) is 75.8 Å². The number of benzene rings is 2. The minimum atomic E-state index is -0.312. The van der Waals surface area contributed by atoms with Gasteiger partial charge >= 0.3 is 0 Å². The number of halogens is 1. The van der Waals surface area contributed by atoms with Gasteiger partial charge in [-0.3, -0.25) is 9.59 Å². The Labute approximate surface area is 192 Å². The number of tetrazole rings is 1. The Hall–Kier alpha value is -3.79. The van der Waals surface area contributed by atoms with Crippen LogP contribution in [0.4, 0.5) is 5.69 Å². The van der Waals surface area contributed by atoms with Gasteiger partial charge in [-0.15, -0.1) is 10.2 Å². The Balaban J connectivity index is 1.45. The van der Waals surface area contributed by atoms with Gasteiger partial charge in [0.15, 0.2) is 0 Å². The third kappa shape index (κ3) is 4.92. The quantitative estimate of drug-likeness (QED) is 0.422. The molecule has 0 saturated carbocycles. The van der Waals surface area contributed by atoms with Crippen LogP contribution in [0.1, 0.15) is 16.1 Å². The van der Waals surface area contributed by atoms with Crippen LogP contribution in [0.25, 0.3) is 11.4 Å². The molecule has 0 unspecified atom stereocenters. The summed E-state index contributed by atoms with van der Waals surface area (Å²) >= 11 is 3.38. The monoisotopic (exact) mass is 494 g/mol. The van der Waals surface area contributed by atoms with Crippen LogP contribution in [-0.4, -0.2) is 39.1 Å². The van der Waals surface area contributed by atoms with E-state index >= 15 is 0 Å². The number of para-hydroxylation sites is 1. The Morgan fingerprint density at radius 3 is 2.62 bits per heavy atom. The predicted octanol–water partition coefficient (Wildman–Crippen LogP) is 3.29. The molecule has 0 fully saturated rings. The molecule has 0 atom stereocenters. The zero-order valence-electron chi connectivity index (χ0n) is 17.1. The Kier molecular flexibility index (Phi) is 6.41. The SMILES string of the molecule is CN(C(=O)Cn1nnc(-c2ccc(Br)cc2)n1)c1ccccc1C(=O)NCc1ccco1. The van der Waals surface area contributed by atoms with Crippen LogP contribution in [0, 0.1) is 0 Å². The molecule has 32 heavy (non-hydrogen) atoms. The Morgan fingerprint density at radius 2 is 1.88 bits per heavy atom. The lowest BCUT2D eigenvalue weighted by molar-refractivity contribution is -0.119. The summed E-state index contributed by atoms with van der Waals surface area (Å²) in [6, 6.07) is 17.9. The molecule has 2 aromatic carbocycles. The number of anilines is 1. The highest BCUT2D eigenvalue weighted by molar-refractivity contribution is 9.10. The molecular weight excluding hydrogens is 476 g/mol. The normalized spacial score (nSPS) is 10.7. The first-order chi connectivity index (χ1) is 15.5. The standard InChI is InChI=1S/C22H19BrN6O3/c1-28(19-7-3-2-6-18(19)22(31)24-13-17-5-4-12-32-17)20(30)14-29-26-21(25-27-29)15-8-10-16(23)11-9-15/h2-12H,13-14H2,1H3,(H,24,31). The number of furan rings is 1. The molecule has 0 aliphatic rings. The smallest absolute Gasteiger partial charge is 0.253 e. The summed E-state index contributed by atoms with van der Waals surface area (Å²) in [5.41, 5.74) is 1.64. The molecule has 2 heterocycles. The van der Waals surface area contributed by atoms with E-state index in [4.69, 9.17) is 4.42 Å². The second kappa shape index (κ2) is 9.56. The van der Waals surface area contributed by atoms with Crippen LogP contribution in [0.5, 0.6) is 0 Å². The molecule has 0 saturated heterocycles. The van der Waals surface area contributed by atoms with Crippen molar-refractivity contribution in [1.82, 2.24) is 25.5 Å². The lowest BCUT2D eigenvalue weighted by atomic mass is 10.1. The van der Waals surface area contributed by atoms with E-state index in [-0.39, 0.29) is 24.9 Å². The highest BCUT2D eigenvalue weighted by atomic mass is 79.9. The van der Waals surface area contributed by atoms with Gasteiger partial charge in [-0.05, 0) is 53.7 Å². The van der Waals surface area contributed by atoms with Gasteiger partial charge in [-0.2, -0.15) is 4.80 Å². The number of carbonyl (C=O) groups is 2. The summed E-state index contributed by atoms with van der Waals surface area (Å²) in [4.78, 5) is 28.2. The Morgan fingerprint density at radius 1 is 1.09 bits per heavy atom. The van der Waals surface area contributed by atoms with Gasteiger partial charge in [0.2, 0.25) is 11.7 Å². The summed E-state index contributed by atoms with van der Waals surface area (Å²) in [5, 5.41) is 15.1. The van der Waals surface area contributed by atoms with E-state index in [1.165, 1.54) is 9.70 Å². The molecule has 4 aromatic rings. The Bertz CT molecular complexity index is 1220. The molecule has 0 aliphatic carbocycles. The summed E-state index contributed by atoms with van der Waals surface area (Å²) < 4.78 is 6.18. The second-order valence-electron chi connectivity index (χ2n) is 6.88. The lowest BCUT2D eigenvalue weighted by Crippen LogP contribution is -2.33. The van der Waals surface area contributed by atoms with Gasteiger partial charge in [0.25, 0.3) is 5.91 Å². The molecule has 0 spiro atoms. The number of nitrogens with zero attached hydrogens (tertiary/aromatic N) is 5. The predicted molar refractivity (Wildman–Crippen MR) is 121 cm³/mol. The minimum absolute atomic E-state index is 0.123. The highest BCUT2D eigenvalue weighted by Crippen LogP contribution is 2.20. The number of amides is 2. The first-order valence-corrected chi connectivity index (χ1v) is 10.5. The van der Waals surface area contributed by atoms with Crippen molar-refractivity contribution in [3.63, 3.8) is 0 Å². The number of rotatable bonds is 7. The number of likely N-dealkylation sites (N-methyl/N-ethyl adjacent to an activating group) is 1. The lowest BCUT2D eigenvalue weighted by Gasteiger charge is -2.20. The van der Waals surface area contributed by atoms with E-state index in [9.17, 15) is 9.59 Å². The largest absolute Gasteiger partial charge is 0.467 e. The van der Waals surface area contributed by atoms with E-state index < -0.39 is 0 Å². The van der Waals surface area contributed by atoms with Crippen LogP contribution < -0.4 is 10.2 Å². The third-order valence-electron chi connectivity index (χ3n) is 4.72. The molecule has 162 valence electrons. The molecular formula is C22H19BrN6O3. The van der Waals surface area contributed by atoms with Crippen molar-refractivity contribution in [2.45, 2.75) is 13.1 Å². The van der Waals surface area contributed by atoms with Crippen LogP contribution in [0.2, 0.25) is 0 Å². The maximum atomic E-state index is 12.9. The average Bonchev–Trinajstić information content (AvgIpc) is 3.50. The zero-order valence-corrected chi connectivity index (χ0v) is 18.7. The van der Waals surface area contributed by atoms with E-state index in [0.29, 0.717) is 22.8 Å². The number of nitrogens with one attached hydrogen (secondary N) is 1. The van der Waals surface area contributed by atoms with Crippen molar-refractivity contribution < 1.29 is 14.0 Å². The van der Waals surface area contributed by atoms with Gasteiger partial charge in [0.1, 0.15) is 12.3 Å². The molecule has 1 N–H and O–H groups in total. The fourth-order valence-corrected chi connectivity index (χ4v) is 3.28. The van der Waals surface area contributed by atoms with Crippen molar-refractivity contribution in [2.24, 2.45) is 0 Å². The van der Waals surface area contributed by atoms with Crippen LogP contribution in [-0.2, 0) is 17.9 Å². The van der Waals surface area contributed by atoms with Gasteiger partial charge in [0, 0.05) is 17.1 Å². The van der Waals surface area contributed by atoms with Crippen molar-refractivity contribution in [3.8, 4) is 11.4 Å². The van der Waals surface area contributed by atoms with Crippen molar-refractivity contribution in [1.29, 1.82) is 0 Å². The maximum absolute atomic E-state index is 12.9. The first kappa shape index (κ1) is 21.4. The summed E-state index contributed by atoms with van der Waals surface area (Å²) in [5.74, 6) is 0.453. The number of hydrogen-bond acceptors (Lipinski definition) is 6. The van der Waals surface area contributed by atoms with Gasteiger partial charge in [-0.1, -0.05) is 28.1 Å². The molecule has 4 rings (SSSR count). The fourth-order valence-electron chi connectivity index (χ4n) is 3.02. The summed E-state index contributed by atoms with van der Waals surface area (Å²) in [6.45, 7) is 0.127.